The third kappa shape index (κ3) is 4.14. The van der Waals surface area contributed by atoms with Crippen LogP contribution < -0.4 is 11.4 Å². The summed E-state index contributed by atoms with van der Waals surface area (Å²) in [6.07, 6.45) is 3.65. The normalized spacial score (nSPS) is 13.5. The second-order valence-corrected chi connectivity index (χ2v) is 12.2. The molecule has 0 amide bonds. The Morgan fingerprint density at radius 1 is 0.583 bits per heavy atom. The van der Waals surface area contributed by atoms with Crippen LogP contribution in [0.15, 0.2) is 34.1 Å². The van der Waals surface area contributed by atoms with E-state index >= 15 is 0 Å². The van der Waals surface area contributed by atoms with E-state index in [0.29, 0.717) is 23.3 Å². The van der Waals surface area contributed by atoms with Gasteiger partial charge in [0.05, 0.1) is 11.1 Å². The zero-order valence-corrected chi connectivity index (χ0v) is 22.7. The maximum Gasteiger partial charge on any atom is 0.349 e. The summed E-state index contributed by atoms with van der Waals surface area (Å²) in [6, 6.07) is 3.52. The van der Waals surface area contributed by atoms with Gasteiger partial charge in [-0.3, -0.25) is 19.3 Å². The van der Waals surface area contributed by atoms with E-state index in [4.69, 9.17) is 10.2 Å². The lowest BCUT2D eigenvalue weighted by atomic mass is 9.83. The lowest BCUT2D eigenvalue weighted by Gasteiger charge is -2.41. The average molecular weight is 497 g/mol. The molecular formula is C24H36N10O2. The van der Waals surface area contributed by atoms with Gasteiger partial charge in [0.2, 0.25) is 0 Å². The maximum atomic E-state index is 12.5. The van der Waals surface area contributed by atoms with Crippen molar-refractivity contribution in [3.63, 3.8) is 0 Å². The van der Waals surface area contributed by atoms with Crippen LogP contribution in [0.1, 0.15) is 80.9 Å². The van der Waals surface area contributed by atoms with E-state index in [9.17, 15) is 9.59 Å². The van der Waals surface area contributed by atoms with Crippen LogP contribution >= 0.6 is 0 Å². The molecule has 12 nitrogen and oxygen atoms in total. The van der Waals surface area contributed by atoms with Crippen molar-refractivity contribution in [1.29, 1.82) is 0 Å². The lowest BCUT2D eigenvalue weighted by molar-refractivity contribution is 0.0983. The molecule has 0 bridgehead atoms. The van der Waals surface area contributed by atoms with Gasteiger partial charge in [-0.1, -0.05) is 41.5 Å². The van der Waals surface area contributed by atoms with E-state index in [1.165, 1.54) is 9.36 Å². The van der Waals surface area contributed by atoms with Crippen molar-refractivity contribution in [2.24, 2.45) is 0 Å². The molecule has 0 saturated heterocycles. The molecule has 36 heavy (non-hydrogen) atoms. The summed E-state index contributed by atoms with van der Waals surface area (Å²) in [5.74, 6) is 2.03. The fourth-order valence-electron chi connectivity index (χ4n) is 3.67. The standard InChI is InChI=1S/C24H36N10O2/c1-21(2,3)17-25-19(35)33(29-17)15-11-13-31(27-15)23(7,8)24(9,10)32-14-12-16(28-32)34-20(36)26-18(30-34)22(4,5)6/h11-14H,1-10H3,(H,25,29,35)(H,26,30,36). The number of nitrogens with one attached hydrogen (secondary N) is 2. The Morgan fingerprint density at radius 3 is 1.19 bits per heavy atom. The van der Waals surface area contributed by atoms with Gasteiger partial charge in [0, 0.05) is 35.4 Å². The van der Waals surface area contributed by atoms with Crippen molar-refractivity contribution in [2.75, 3.05) is 0 Å². The van der Waals surface area contributed by atoms with Gasteiger partial charge in [0.25, 0.3) is 0 Å². The molecule has 2 N–H and O–H groups in total. The van der Waals surface area contributed by atoms with Crippen LogP contribution in [0.2, 0.25) is 0 Å². The van der Waals surface area contributed by atoms with Crippen LogP contribution in [0.4, 0.5) is 0 Å². The highest BCUT2D eigenvalue weighted by Crippen LogP contribution is 2.35. The van der Waals surface area contributed by atoms with E-state index in [1.54, 1.807) is 21.5 Å². The quantitative estimate of drug-likeness (QED) is 0.436. The average Bonchev–Trinajstić information content (AvgIpc) is 3.51. The Morgan fingerprint density at radius 2 is 0.917 bits per heavy atom. The molecule has 4 heterocycles. The fraction of sp³-hybridized carbons (Fsp3) is 0.583. The Hall–Kier alpha value is -3.70. The highest BCUT2D eigenvalue weighted by Gasteiger charge is 2.42. The van der Waals surface area contributed by atoms with Crippen LogP contribution in [0.3, 0.4) is 0 Å². The van der Waals surface area contributed by atoms with Gasteiger partial charge in [0.1, 0.15) is 11.6 Å². The molecule has 4 aromatic heterocycles. The number of aromatic nitrogens is 10. The molecule has 194 valence electrons. The summed E-state index contributed by atoms with van der Waals surface area (Å²) in [5, 5.41) is 18.3. The van der Waals surface area contributed by atoms with E-state index in [0.717, 1.165) is 0 Å². The fourth-order valence-corrected chi connectivity index (χ4v) is 3.67. The SMILES string of the molecule is CC(C)(C)c1nn(-c2ccn(C(C)(C)C(C)(C)n3ccc(-n4nc(C(C)(C)C)[nH]c4=O)n3)n2)c(=O)[nH]1. The smallest absolute Gasteiger partial charge is 0.292 e. The maximum absolute atomic E-state index is 12.5. The van der Waals surface area contributed by atoms with Crippen LogP contribution in [0, 0.1) is 0 Å². The minimum Gasteiger partial charge on any atom is -0.292 e. The van der Waals surface area contributed by atoms with Crippen molar-refractivity contribution < 1.29 is 0 Å². The van der Waals surface area contributed by atoms with Crippen LogP contribution in [-0.2, 0) is 21.9 Å². The topological polar surface area (TPSA) is 137 Å². The molecule has 4 aromatic rings. The van der Waals surface area contributed by atoms with Crippen LogP contribution in [0.25, 0.3) is 11.6 Å². The molecule has 0 aliphatic carbocycles. The molecule has 0 saturated carbocycles. The predicted molar refractivity (Wildman–Crippen MR) is 136 cm³/mol. The van der Waals surface area contributed by atoms with Crippen molar-refractivity contribution in [1.82, 2.24) is 49.1 Å². The van der Waals surface area contributed by atoms with E-state index in [1.807, 2.05) is 81.6 Å². The summed E-state index contributed by atoms with van der Waals surface area (Å²) >= 11 is 0. The molecule has 0 aliphatic rings. The minimum absolute atomic E-state index is 0.296. The van der Waals surface area contributed by atoms with Gasteiger partial charge in [-0.05, 0) is 27.7 Å². The largest absolute Gasteiger partial charge is 0.349 e. The highest BCUT2D eigenvalue weighted by atomic mass is 16.2. The summed E-state index contributed by atoms with van der Waals surface area (Å²) < 4.78 is 6.17. The summed E-state index contributed by atoms with van der Waals surface area (Å²) in [4.78, 5) is 30.7. The second kappa shape index (κ2) is 7.90. The Kier molecular flexibility index (Phi) is 5.57. The minimum atomic E-state index is -0.589. The number of hydrogen-bond donors (Lipinski definition) is 2. The van der Waals surface area contributed by atoms with Gasteiger partial charge in [-0.15, -0.1) is 10.2 Å². The van der Waals surface area contributed by atoms with Crippen molar-refractivity contribution >= 4 is 0 Å². The zero-order chi connectivity index (χ0) is 26.8. The second-order valence-electron chi connectivity index (χ2n) is 12.2. The van der Waals surface area contributed by atoms with Crippen LogP contribution in [-0.4, -0.2) is 49.1 Å². The Balaban J connectivity index is 1.67. The van der Waals surface area contributed by atoms with Gasteiger partial charge >= 0.3 is 11.4 Å². The van der Waals surface area contributed by atoms with Gasteiger partial charge in [-0.25, -0.2) is 9.59 Å². The van der Waals surface area contributed by atoms with Crippen LogP contribution in [0.5, 0.6) is 0 Å². The number of hydrogen-bond acceptors (Lipinski definition) is 6. The number of nitrogens with zero attached hydrogens (tertiary/aromatic N) is 8. The predicted octanol–water partition coefficient (Wildman–Crippen LogP) is 2.59. The van der Waals surface area contributed by atoms with Crippen molar-refractivity contribution in [2.45, 2.75) is 91.1 Å². The first-order valence-electron chi connectivity index (χ1n) is 12.0. The molecule has 0 unspecified atom stereocenters. The van der Waals surface area contributed by atoms with E-state index in [2.05, 4.69) is 20.2 Å². The Bertz CT molecular complexity index is 1390. The molecular weight excluding hydrogens is 460 g/mol. The molecule has 0 aromatic carbocycles. The van der Waals surface area contributed by atoms with Gasteiger partial charge in [-0.2, -0.15) is 19.6 Å². The van der Waals surface area contributed by atoms with E-state index < -0.39 is 11.1 Å². The van der Waals surface area contributed by atoms with Gasteiger partial charge < -0.3 is 0 Å². The highest BCUT2D eigenvalue weighted by molar-refractivity contribution is 5.21. The monoisotopic (exact) mass is 496 g/mol. The third-order valence-corrected chi connectivity index (χ3v) is 6.88. The number of aromatic amines is 2. The molecule has 4 rings (SSSR count). The lowest BCUT2D eigenvalue weighted by Crippen LogP contribution is -2.50. The van der Waals surface area contributed by atoms with Crippen molar-refractivity contribution in [3.05, 3.63) is 57.1 Å². The first-order valence-corrected chi connectivity index (χ1v) is 12.0. The third-order valence-electron chi connectivity index (χ3n) is 6.88. The summed E-state index contributed by atoms with van der Waals surface area (Å²) in [7, 11) is 0. The number of H-pyrrole nitrogens is 2. The molecule has 0 aliphatic heterocycles. The first kappa shape index (κ1) is 25.4. The molecule has 0 atom stereocenters. The molecule has 0 radical (unpaired) electrons. The Labute approximate surface area is 209 Å². The molecule has 0 fully saturated rings. The van der Waals surface area contributed by atoms with E-state index in [-0.39, 0.29) is 22.2 Å². The van der Waals surface area contributed by atoms with Crippen molar-refractivity contribution in [3.8, 4) is 11.6 Å². The summed E-state index contributed by atoms with van der Waals surface area (Å²) in [6.45, 7) is 20.1. The first-order chi connectivity index (χ1) is 16.4. The van der Waals surface area contributed by atoms with Gasteiger partial charge in [0.15, 0.2) is 11.6 Å². The number of rotatable bonds is 5. The molecule has 12 heteroatoms. The molecule has 0 spiro atoms. The zero-order valence-electron chi connectivity index (χ0n) is 22.7. The summed E-state index contributed by atoms with van der Waals surface area (Å²) in [5.41, 5.74) is -2.44.